The van der Waals surface area contributed by atoms with Crippen molar-refractivity contribution >= 4 is 21.7 Å². The largest absolute Gasteiger partial charge is 0.465 e. The summed E-state index contributed by atoms with van der Waals surface area (Å²) in [4.78, 5) is 11.5. The number of benzene rings is 1. The van der Waals surface area contributed by atoms with Crippen LogP contribution in [0.1, 0.15) is 41.6 Å². The highest BCUT2D eigenvalue weighted by Gasteiger charge is 2.34. The lowest BCUT2D eigenvalue weighted by molar-refractivity contribution is 0.0600. The zero-order valence-electron chi connectivity index (χ0n) is 12.7. The highest BCUT2D eigenvalue weighted by molar-refractivity contribution is 7.93. The molecule has 0 unspecified atom stereocenters. The summed E-state index contributed by atoms with van der Waals surface area (Å²) >= 11 is 0. The maximum Gasteiger partial charge on any atom is 0.337 e. The third kappa shape index (κ3) is 3.59. The van der Waals surface area contributed by atoms with Gasteiger partial charge in [0.1, 0.15) is 5.25 Å². The quantitative estimate of drug-likeness (QED) is 0.823. The van der Waals surface area contributed by atoms with Gasteiger partial charge in [0.15, 0.2) is 0 Å². The normalized spacial score (nSPS) is 22.1. The molecule has 0 amide bonds. The molecule has 0 heterocycles. The van der Waals surface area contributed by atoms with E-state index in [2.05, 4.69) is 9.46 Å². The lowest BCUT2D eigenvalue weighted by atomic mass is 9.97. The van der Waals surface area contributed by atoms with E-state index >= 15 is 0 Å². The number of hydrogen-bond donors (Lipinski definition) is 2. The molecule has 0 spiro atoms. The lowest BCUT2D eigenvalue weighted by Gasteiger charge is -2.27. The Balaban J connectivity index is 2.20. The number of esters is 1. The summed E-state index contributed by atoms with van der Waals surface area (Å²) in [7, 11) is -2.37. The molecule has 1 aromatic carbocycles. The van der Waals surface area contributed by atoms with E-state index in [0.29, 0.717) is 29.7 Å². The third-order valence-corrected chi connectivity index (χ3v) is 5.82. The number of ether oxygens (including phenoxy) is 1. The van der Waals surface area contributed by atoms with Gasteiger partial charge >= 0.3 is 5.97 Å². The van der Waals surface area contributed by atoms with Crippen LogP contribution >= 0.6 is 0 Å². The molecule has 7 heteroatoms. The fourth-order valence-electron chi connectivity index (χ4n) is 2.69. The molecule has 22 heavy (non-hydrogen) atoms. The molecular formula is C15H21NO5S. The Morgan fingerprint density at radius 2 is 2.00 bits per heavy atom. The summed E-state index contributed by atoms with van der Waals surface area (Å²) in [5.74, 6) is -0.472. The molecule has 1 aromatic rings. The second-order valence-electron chi connectivity index (χ2n) is 5.56. The number of aliphatic hydroxyl groups excluding tert-OH is 1. The maximum atomic E-state index is 12.4. The smallest absolute Gasteiger partial charge is 0.337 e. The SMILES string of the molecule is COC(=O)c1ccc(NS(=O)(=O)[C@@H]2CCCC[C@H]2O)c(C)c1. The number of methoxy groups -OCH3 is 1. The summed E-state index contributed by atoms with van der Waals surface area (Å²) < 4.78 is 32.0. The van der Waals surface area contributed by atoms with E-state index in [1.807, 2.05) is 0 Å². The van der Waals surface area contributed by atoms with E-state index < -0.39 is 27.3 Å². The predicted molar refractivity (Wildman–Crippen MR) is 83.3 cm³/mol. The molecule has 2 N–H and O–H groups in total. The Morgan fingerprint density at radius 3 is 2.59 bits per heavy atom. The van der Waals surface area contributed by atoms with E-state index in [0.717, 1.165) is 12.8 Å². The van der Waals surface area contributed by atoms with Crippen LogP contribution in [0.5, 0.6) is 0 Å². The summed E-state index contributed by atoms with van der Waals surface area (Å²) in [6, 6.07) is 4.61. The average molecular weight is 327 g/mol. The first-order chi connectivity index (χ1) is 10.3. The first-order valence-corrected chi connectivity index (χ1v) is 8.78. The number of aryl methyl sites for hydroxylation is 1. The topological polar surface area (TPSA) is 92.7 Å². The molecule has 0 saturated heterocycles. The first-order valence-electron chi connectivity index (χ1n) is 7.24. The first kappa shape index (κ1) is 16.8. The van der Waals surface area contributed by atoms with Crippen LogP contribution in [0.2, 0.25) is 0 Å². The minimum Gasteiger partial charge on any atom is -0.465 e. The second-order valence-corrected chi connectivity index (χ2v) is 7.46. The van der Waals surface area contributed by atoms with Gasteiger partial charge in [-0.1, -0.05) is 12.8 Å². The maximum absolute atomic E-state index is 12.4. The standard InChI is InChI=1S/C15H21NO5S/c1-10-9-11(15(18)21-2)7-8-12(10)16-22(19,20)14-6-4-3-5-13(14)17/h7-9,13-14,16-17H,3-6H2,1-2H3/t13-,14-/m1/s1. The monoisotopic (exact) mass is 327 g/mol. The van der Waals surface area contributed by atoms with Crippen molar-refractivity contribution in [2.24, 2.45) is 0 Å². The van der Waals surface area contributed by atoms with Crippen molar-refractivity contribution in [1.29, 1.82) is 0 Å². The number of anilines is 1. The van der Waals surface area contributed by atoms with Crippen molar-refractivity contribution in [3.8, 4) is 0 Å². The predicted octanol–water partition coefficient (Wildman–Crippen LogP) is 1.83. The molecule has 2 atom stereocenters. The molecule has 1 aliphatic rings. The van der Waals surface area contributed by atoms with Crippen LogP contribution in [-0.2, 0) is 14.8 Å². The lowest BCUT2D eigenvalue weighted by Crippen LogP contribution is -2.40. The van der Waals surface area contributed by atoms with Crippen molar-refractivity contribution in [3.05, 3.63) is 29.3 Å². The number of aliphatic hydroxyl groups is 1. The Bertz CT molecular complexity index is 656. The van der Waals surface area contributed by atoms with Gasteiger partial charge in [-0.05, 0) is 43.5 Å². The van der Waals surface area contributed by atoms with E-state index in [-0.39, 0.29) is 0 Å². The van der Waals surface area contributed by atoms with Gasteiger partial charge in [0.05, 0.1) is 24.5 Å². The van der Waals surface area contributed by atoms with Crippen molar-refractivity contribution < 1.29 is 23.1 Å². The van der Waals surface area contributed by atoms with Crippen LogP contribution in [0.3, 0.4) is 0 Å². The van der Waals surface area contributed by atoms with E-state index in [4.69, 9.17) is 0 Å². The Morgan fingerprint density at radius 1 is 1.32 bits per heavy atom. The van der Waals surface area contributed by atoms with Gasteiger partial charge < -0.3 is 9.84 Å². The molecule has 0 radical (unpaired) electrons. The van der Waals surface area contributed by atoms with Gasteiger partial charge in [-0.3, -0.25) is 4.72 Å². The van der Waals surface area contributed by atoms with Crippen molar-refractivity contribution in [2.45, 2.75) is 44.0 Å². The number of carbonyl (C=O) groups excluding carboxylic acids is 1. The van der Waals surface area contributed by atoms with Crippen molar-refractivity contribution in [2.75, 3.05) is 11.8 Å². The molecule has 1 aliphatic carbocycles. The van der Waals surface area contributed by atoms with E-state index in [9.17, 15) is 18.3 Å². The molecule has 0 bridgehead atoms. The van der Waals surface area contributed by atoms with E-state index in [1.165, 1.54) is 19.2 Å². The van der Waals surface area contributed by atoms with Crippen molar-refractivity contribution in [3.63, 3.8) is 0 Å². The van der Waals surface area contributed by atoms with Gasteiger partial charge in [0.2, 0.25) is 10.0 Å². The average Bonchev–Trinajstić information content (AvgIpc) is 2.48. The van der Waals surface area contributed by atoms with Crippen molar-refractivity contribution in [1.82, 2.24) is 0 Å². The van der Waals surface area contributed by atoms with Crippen LogP contribution in [-0.4, -0.2) is 38.0 Å². The molecule has 2 rings (SSSR count). The van der Waals surface area contributed by atoms with Gasteiger partial charge in [0, 0.05) is 0 Å². The Kier molecular flexibility index (Phi) is 5.08. The van der Waals surface area contributed by atoms with Gasteiger partial charge in [0.25, 0.3) is 0 Å². The molecular weight excluding hydrogens is 306 g/mol. The second kappa shape index (κ2) is 6.66. The Labute approximate surface area is 130 Å². The summed E-state index contributed by atoms with van der Waals surface area (Å²) in [5.41, 5.74) is 1.39. The minimum absolute atomic E-state index is 0.362. The van der Waals surface area contributed by atoms with Crippen LogP contribution < -0.4 is 4.72 Å². The zero-order chi connectivity index (χ0) is 16.3. The van der Waals surface area contributed by atoms with Gasteiger partial charge in [-0.2, -0.15) is 0 Å². The summed E-state index contributed by atoms with van der Waals surface area (Å²) in [6.07, 6.45) is 1.77. The molecule has 0 aliphatic heterocycles. The summed E-state index contributed by atoms with van der Waals surface area (Å²) in [5, 5.41) is 9.13. The van der Waals surface area contributed by atoms with Gasteiger partial charge in [-0.15, -0.1) is 0 Å². The minimum atomic E-state index is -3.66. The van der Waals surface area contributed by atoms with Crippen LogP contribution in [0.15, 0.2) is 18.2 Å². The molecule has 1 fully saturated rings. The Hall–Kier alpha value is -1.60. The van der Waals surface area contributed by atoms with Gasteiger partial charge in [-0.25, -0.2) is 13.2 Å². The number of rotatable bonds is 4. The highest BCUT2D eigenvalue weighted by atomic mass is 32.2. The number of hydrogen-bond acceptors (Lipinski definition) is 5. The van der Waals surface area contributed by atoms with E-state index in [1.54, 1.807) is 13.0 Å². The van der Waals surface area contributed by atoms with Crippen LogP contribution in [0.4, 0.5) is 5.69 Å². The fourth-order valence-corrected chi connectivity index (χ4v) is 4.40. The van der Waals surface area contributed by atoms with Crippen LogP contribution in [0.25, 0.3) is 0 Å². The molecule has 6 nitrogen and oxygen atoms in total. The molecule has 0 aromatic heterocycles. The molecule has 122 valence electrons. The zero-order valence-corrected chi connectivity index (χ0v) is 13.5. The molecule has 1 saturated carbocycles. The van der Waals surface area contributed by atoms with Crippen LogP contribution in [0, 0.1) is 6.92 Å². The number of nitrogens with one attached hydrogen (secondary N) is 1. The third-order valence-electron chi connectivity index (χ3n) is 3.97. The highest BCUT2D eigenvalue weighted by Crippen LogP contribution is 2.27. The number of sulfonamides is 1. The summed E-state index contributed by atoms with van der Waals surface area (Å²) in [6.45, 7) is 1.71. The number of carbonyl (C=O) groups is 1. The fraction of sp³-hybridized carbons (Fsp3) is 0.533.